The van der Waals surface area contributed by atoms with Gasteiger partial charge in [-0.2, -0.15) is 0 Å². The molecular weight excluding hydrogens is 160 g/mol. The molecule has 0 N–H and O–H groups in total. The summed E-state index contributed by atoms with van der Waals surface area (Å²) < 4.78 is 9.35. The molecule has 72 valence electrons. The summed E-state index contributed by atoms with van der Waals surface area (Å²) in [5.74, 6) is -0.338. The van der Waals surface area contributed by atoms with E-state index in [-0.39, 0.29) is 12.1 Å². The van der Waals surface area contributed by atoms with Gasteiger partial charge in [0.05, 0.1) is 0 Å². The van der Waals surface area contributed by atoms with Crippen molar-refractivity contribution in [3.8, 4) is 0 Å². The van der Waals surface area contributed by atoms with E-state index >= 15 is 0 Å². The predicted octanol–water partition coefficient (Wildman–Crippen LogP) is 0.790. The number of hydrogen-bond donors (Lipinski definition) is 0. The molecule has 0 aromatic heterocycles. The third kappa shape index (κ3) is 12.0. The molecule has 0 aliphatic heterocycles. The quantitative estimate of drug-likeness (QED) is 0.361. The number of ketones is 1. The minimum Gasteiger partial charge on any atom is -0.356 e. The molecular formula is C8H16O4. The Hall–Kier alpha value is -0.740. The van der Waals surface area contributed by atoms with E-state index in [2.05, 4.69) is 9.47 Å². The van der Waals surface area contributed by atoms with Crippen molar-refractivity contribution in [3.05, 3.63) is 0 Å². The molecule has 0 aromatic rings. The van der Waals surface area contributed by atoms with Crippen LogP contribution in [0.5, 0.6) is 0 Å². The van der Waals surface area contributed by atoms with Crippen molar-refractivity contribution in [1.29, 1.82) is 0 Å². The number of hydrogen-bond acceptors (Lipinski definition) is 4. The smallest absolute Gasteiger partial charge is 0.194 e. The van der Waals surface area contributed by atoms with Gasteiger partial charge < -0.3 is 9.47 Å². The minimum atomic E-state index is -0.338. The van der Waals surface area contributed by atoms with E-state index in [1.54, 1.807) is 21.1 Å². The zero-order chi connectivity index (χ0) is 9.98. The summed E-state index contributed by atoms with van der Waals surface area (Å²) in [4.78, 5) is 19.2. The van der Waals surface area contributed by atoms with Crippen LogP contribution in [0.4, 0.5) is 0 Å². The van der Waals surface area contributed by atoms with Crippen molar-refractivity contribution < 1.29 is 19.1 Å². The van der Waals surface area contributed by atoms with Crippen LogP contribution >= 0.6 is 0 Å². The normalized spacial score (nSPS) is 8.75. The van der Waals surface area contributed by atoms with Gasteiger partial charge in [-0.1, -0.05) is 6.92 Å². The molecule has 0 bridgehead atoms. The Balaban J connectivity index is 0. The number of aldehydes is 1. The maximum atomic E-state index is 9.81. The van der Waals surface area contributed by atoms with Crippen molar-refractivity contribution in [2.45, 2.75) is 26.6 Å². The standard InChI is InChI=1S/C4H10O2.C4H6O2/c1-4(5-2)6-3;1-2-4(6)3-5/h4H,1-3H3;3H,2H2,1H3. The van der Waals surface area contributed by atoms with Gasteiger partial charge in [0.1, 0.15) is 0 Å². The van der Waals surface area contributed by atoms with Gasteiger partial charge in [-0.25, -0.2) is 0 Å². The molecule has 0 radical (unpaired) electrons. The van der Waals surface area contributed by atoms with Crippen molar-refractivity contribution in [2.24, 2.45) is 0 Å². The Labute approximate surface area is 72.8 Å². The topological polar surface area (TPSA) is 52.6 Å². The lowest BCUT2D eigenvalue weighted by Gasteiger charge is -2.03. The van der Waals surface area contributed by atoms with Crippen LogP contribution in [-0.2, 0) is 19.1 Å². The lowest BCUT2D eigenvalue weighted by atomic mass is 10.3. The molecule has 0 unspecified atom stereocenters. The molecule has 0 saturated heterocycles. The van der Waals surface area contributed by atoms with E-state index in [0.717, 1.165) is 0 Å². The summed E-state index contributed by atoms with van der Waals surface area (Å²) in [5.41, 5.74) is 0. The molecule has 0 spiro atoms. The molecule has 12 heavy (non-hydrogen) atoms. The van der Waals surface area contributed by atoms with Crippen LogP contribution in [0.15, 0.2) is 0 Å². The summed E-state index contributed by atoms with van der Waals surface area (Å²) in [5, 5.41) is 0. The van der Waals surface area contributed by atoms with Gasteiger partial charge in [-0.15, -0.1) is 0 Å². The first-order valence-corrected chi connectivity index (χ1v) is 3.65. The molecule has 0 aromatic carbocycles. The molecule has 0 rings (SSSR count). The zero-order valence-corrected chi connectivity index (χ0v) is 7.99. The van der Waals surface area contributed by atoms with Crippen LogP contribution in [0, 0.1) is 0 Å². The molecule has 0 amide bonds. The molecule has 4 nitrogen and oxygen atoms in total. The second-order valence-electron chi connectivity index (χ2n) is 1.98. The fourth-order valence-electron chi connectivity index (χ4n) is 0.180. The number of methoxy groups -OCH3 is 2. The summed E-state index contributed by atoms with van der Waals surface area (Å²) in [6, 6.07) is 0. The molecule has 0 atom stereocenters. The van der Waals surface area contributed by atoms with Crippen molar-refractivity contribution in [1.82, 2.24) is 0 Å². The van der Waals surface area contributed by atoms with E-state index in [1.807, 2.05) is 6.92 Å². The molecule has 0 aliphatic carbocycles. The lowest BCUT2D eigenvalue weighted by Crippen LogP contribution is -2.05. The Morgan fingerprint density at radius 3 is 1.83 bits per heavy atom. The minimum absolute atomic E-state index is 0.0648. The van der Waals surface area contributed by atoms with E-state index < -0.39 is 0 Å². The van der Waals surface area contributed by atoms with Crippen LogP contribution in [0.2, 0.25) is 0 Å². The number of ether oxygens (including phenoxy) is 2. The van der Waals surface area contributed by atoms with Gasteiger partial charge in [0.2, 0.25) is 0 Å². The van der Waals surface area contributed by atoms with Crippen LogP contribution in [-0.4, -0.2) is 32.6 Å². The van der Waals surface area contributed by atoms with Gasteiger partial charge >= 0.3 is 0 Å². The Morgan fingerprint density at radius 2 is 1.83 bits per heavy atom. The molecule has 0 aliphatic rings. The van der Waals surface area contributed by atoms with Crippen LogP contribution in [0.3, 0.4) is 0 Å². The van der Waals surface area contributed by atoms with Crippen LogP contribution in [0.25, 0.3) is 0 Å². The molecule has 4 heteroatoms. The van der Waals surface area contributed by atoms with Crippen molar-refractivity contribution in [2.75, 3.05) is 14.2 Å². The third-order valence-electron chi connectivity index (χ3n) is 1.14. The van der Waals surface area contributed by atoms with E-state index in [0.29, 0.717) is 12.7 Å². The summed E-state index contributed by atoms with van der Waals surface area (Å²) in [6.45, 7) is 3.48. The average molecular weight is 176 g/mol. The van der Waals surface area contributed by atoms with E-state index in [4.69, 9.17) is 0 Å². The van der Waals surface area contributed by atoms with Crippen LogP contribution < -0.4 is 0 Å². The van der Waals surface area contributed by atoms with Gasteiger partial charge in [0.25, 0.3) is 0 Å². The SMILES string of the molecule is CCC(=O)C=O.COC(C)OC. The lowest BCUT2D eigenvalue weighted by molar-refractivity contribution is -0.129. The molecule has 0 heterocycles. The fraction of sp³-hybridized carbons (Fsp3) is 0.750. The highest BCUT2D eigenvalue weighted by Gasteiger charge is 1.88. The van der Waals surface area contributed by atoms with Gasteiger partial charge in [0.15, 0.2) is 18.4 Å². The summed E-state index contributed by atoms with van der Waals surface area (Å²) in [7, 11) is 3.21. The fourth-order valence-corrected chi connectivity index (χ4v) is 0.180. The maximum absolute atomic E-state index is 9.81. The monoisotopic (exact) mass is 176 g/mol. The summed E-state index contributed by atoms with van der Waals surface area (Å²) in [6.07, 6.45) is 0.591. The van der Waals surface area contributed by atoms with Crippen molar-refractivity contribution >= 4 is 12.1 Å². The second kappa shape index (κ2) is 10.3. The average Bonchev–Trinajstić information content (AvgIpc) is 2.16. The third-order valence-corrected chi connectivity index (χ3v) is 1.14. The highest BCUT2D eigenvalue weighted by Crippen LogP contribution is 1.82. The number of carbonyl (C=O) groups is 2. The van der Waals surface area contributed by atoms with Gasteiger partial charge in [-0.3, -0.25) is 9.59 Å². The number of Topliss-reactive ketones (excluding diaryl/α,β-unsaturated/α-hetero) is 1. The number of rotatable bonds is 4. The first kappa shape index (κ1) is 13.8. The Kier molecular flexibility index (Phi) is 11.8. The molecule has 0 saturated carbocycles. The highest BCUT2D eigenvalue weighted by atomic mass is 16.7. The predicted molar refractivity (Wildman–Crippen MR) is 44.8 cm³/mol. The Morgan fingerprint density at radius 1 is 1.42 bits per heavy atom. The Bertz CT molecular complexity index is 118. The maximum Gasteiger partial charge on any atom is 0.194 e. The van der Waals surface area contributed by atoms with Crippen LogP contribution in [0.1, 0.15) is 20.3 Å². The zero-order valence-electron chi connectivity index (χ0n) is 7.99. The number of carbonyl (C=O) groups excluding carboxylic acids is 2. The van der Waals surface area contributed by atoms with Gasteiger partial charge in [-0.05, 0) is 6.92 Å². The van der Waals surface area contributed by atoms with E-state index in [9.17, 15) is 9.59 Å². The van der Waals surface area contributed by atoms with Gasteiger partial charge in [0, 0.05) is 20.6 Å². The summed E-state index contributed by atoms with van der Waals surface area (Å²) >= 11 is 0. The highest BCUT2D eigenvalue weighted by molar-refractivity contribution is 6.24. The first-order valence-electron chi connectivity index (χ1n) is 3.65. The van der Waals surface area contributed by atoms with Crippen molar-refractivity contribution in [3.63, 3.8) is 0 Å². The van der Waals surface area contributed by atoms with E-state index in [1.165, 1.54) is 0 Å². The largest absolute Gasteiger partial charge is 0.356 e. The molecule has 0 fully saturated rings. The second-order valence-corrected chi connectivity index (χ2v) is 1.98. The first-order chi connectivity index (χ1) is 5.62.